The average Bonchev–Trinajstić information content (AvgIpc) is 2.69. The summed E-state index contributed by atoms with van der Waals surface area (Å²) in [6.07, 6.45) is 5.17. The molecule has 0 aromatic heterocycles. The maximum atomic E-state index is 5.77. The molecule has 0 saturated carbocycles. The van der Waals surface area contributed by atoms with Gasteiger partial charge in [0, 0.05) is 24.4 Å². The molecule has 3 heteroatoms. The lowest BCUT2D eigenvalue weighted by atomic mass is 10.0. The fourth-order valence-corrected chi connectivity index (χ4v) is 3.69. The molecule has 2 N–H and O–H groups in total. The maximum Gasteiger partial charge on any atom is 0.0191 e. The van der Waals surface area contributed by atoms with E-state index in [1.807, 2.05) is 0 Å². The van der Waals surface area contributed by atoms with Gasteiger partial charge >= 0.3 is 0 Å². The Morgan fingerprint density at radius 3 is 2.69 bits per heavy atom. The first-order valence-corrected chi connectivity index (χ1v) is 7.78. The topological polar surface area (TPSA) is 29.3 Å². The highest BCUT2D eigenvalue weighted by Gasteiger charge is 2.20. The predicted octanol–water partition coefficient (Wildman–Crippen LogP) is 2.58. The monoisotopic (exact) mass is 244 g/mol. The van der Waals surface area contributed by atoms with Crippen molar-refractivity contribution in [1.29, 1.82) is 0 Å². The molecule has 3 unspecified atom stereocenters. The molecule has 1 aliphatic rings. The summed E-state index contributed by atoms with van der Waals surface area (Å²) < 4.78 is 0. The van der Waals surface area contributed by atoms with Gasteiger partial charge in [0.05, 0.1) is 0 Å². The molecule has 1 fully saturated rings. The van der Waals surface area contributed by atoms with Gasteiger partial charge in [-0.25, -0.2) is 0 Å². The van der Waals surface area contributed by atoms with Crippen LogP contribution >= 0.6 is 11.8 Å². The molecular weight excluding hydrogens is 216 g/mol. The van der Waals surface area contributed by atoms with Gasteiger partial charge in [0.2, 0.25) is 0 Å². The Morgan fingerprint density at radius 2 is 2.12 bits per heavy atom. The van der Waals surface area contributed by atoms with Crippen molar-refractivity contribution in [3.05, 3.63) is 0 Å². The van der Waals surface area contributed by atoms with E-state index < -0.39 is 0 Å². The molecule has 96 valence electrons. The molecule has 1 heterocycles. The minimum absolute atomic E-state index is 0.371. The zero-order chi connectivity index (χ0) is 12.0. The highest BCUT2D eigenvalue weighted by molar-refractivity contribution is 7.99. The largest absolute Gasteiger partial charge is 0.328 e. The standard InChI is InChI=1S/C13H28N2S/c1-11(5-4-6-12(2)14)9-15(3)13-7-8-16-10-13/h11-13H,4-10,14H2,1-3H3. The number of nitrogens with two attached hydrogens (primary N) is 1. The molecule has 1 aliphatic heterocycles. The van der Waals surface area contributed by atoms with E-state index >= 15 is 0 Å². The van der Waals surface area contributed by atoms with Gasteiger partial charge in [-0.1, -0.05) is 13.3 Å². The van der Waals surface area contributed by atoms with E-state index in [0.29, 0.717) is 6.04 Å². The molecule has 0 radical (unpaired) electrons. The molecule has 2 nitrogen and oxygen atoms in total. The Bertz CT molecular complexity index is 179. The third-order valence-electron chi connectivity index (χ3n) is 3.49. The first kappa shape index (κ1) is 14.3. The highest BCUT2D eigenvalue weighted by atomic mass is 32.2. The minimum Gasteiger partial charge on any atom is -0.328 e. The van der Waals surface area contributed by atoms with Crippen molar-refractivity contribution in [2.45, 2.75) is 51.6 Å². The smallest absolute Gasteiger partial charge is 0.0191 e. The SMILES string of the molecule is CC(N)CCCC(C)CN(C)C1CCSC1. The Labute approximate surface area is 105 Å². The Morgan fingerprint density at radius 1 is 1.38 bits per heavy atom. The van der Waals surface area contributed by atoms with Crippen molar-refractivity contribution in [3.63, 3.8) is 0 Å². The van der Waals surface area contributed by atoms with Crippen LogP contribution in [0.5, 0.6) is 0 Å². The van der Waals surface area contributed by atoms with Gasteiger partial charge in [0.15, 0.2) is 0 Å². The van der Waals surface area contributed by atoms with E-state index in [0.717, 1.165) is 12.0 Å². The second kappa shape index (κ2) is 7.57. The Hall–Kier alpha value is 0.270. The van der Waals surface area contributed by atoms with Crippen molar-refractivity contribution in [2.75, 3.05) is 25.1 Å². The van der Waals surface area contributed by atoms with Gasteiger partial charge in [-0.3, -0.25) is 0 Å². The van der Waals surface area contributed by atoms with Crippen LogP contribution in [0.3, 0.4) is 0 Å². The van der Waals surface area contributed by atoms with Crippen molar-refractivity contribution in [3.8, 4) is 0 Å². The van der Waals surface area contributed by atoms with Crippen LogP contribution in [0.15, 0.2) is 0 Å². The summed E-state index contributed by atoms with van der Waals surface area (Å²) in [5, 5.41) is 0. The lowest BCUT2D eigenvalue weighted by molar-refractivity contribution is 0.221. The fraction of sp³-hybridized carbons (Fsp3) is 1.00. The molecule has 1 saturated heterocycles. The van der Waals surface area contributed by atoms with Crippen molar-refractivity contribution < 1.29 is 0 Å². The van der Waals surface area contributed by atoms with Gasteiger partial charge in [-0.05, 0) is 44.9 Å². The second-order valence-electron chi connectivity index (χ2n) is 5.47. The average molecular weight is 244 g/mol. The summed E-state index contributed by atoms with van der Waals surface area (Å²) in [6, 6.07) is 1.21. The van der Waals surface area contributed by atoms with E-state index in [4.69, 9.17) is 5.73 Å². The normalized spacial score (nSPS) is 24.9. The number of thioether (sulfide) groups is 1. The number of rotatable bonds is 7. The van der Waals surface area contributed by atoms with Gasteiger partial charge in [0.1, 0.15) is 0 Å². The van der Waals surface area contributed by atoms with E-state index in [-0.39, 0.29) is 0 Å². The van der Waals surface area contributed by atoms with E-state index in [1.54, 1.807) is 0 Å². The number of nitrogens with zero attached hydrogens (tertiary/aromatic N) is 1. The second-order valence-corrected chi connectivity index (χ2v) is 6.62. The quantitative estimate of drug-likeness (QED) is 0.746. The number of hydrogen-bond donors (Lipinski definition) is 1. The zero-order valence-corrected chi connectivity index (χ0v) is 11.9. The summed E-state index contributed by atoms with van der Waals surface area (Å²) in [4.78, 5) is 2.57. The van der Waals surface area contributed by atoms with Crippen molar-refractivity contribution in [1.82, 2.24) is 4.90 Å². The summed E-state index contributed by atoms with van der Waals surface area (Å²) in [6.45, 7) is 5.73. The van der Waals surface area contributed by atoms with Crippen LogP contribution in [-0.2, 0) is 0 Å². The van der Waals surface area contributed by atoms with E-state index in [1.165, 1.54) is 43.7 Å². The molecule has 1 rings (SSSR count). The first-order valence-electron chi connectivity index (χ1n) is 6.63. The molecule has 0 aromatic carbocycles. The van der Waals surface area contributed by atoms with Gasteiger partial charge in [-0.2, -0.15) is 11.8 Å². The van der Waals surface area contributed by atoms with Crippen LogP contribution < -0.4 is 5.73 Å². The van der Waals surface area contributed by atoms with Crippen LogP contribution in [0.2, 0.25) is 0 Å². The third-order valence-corrected chi connectivity index (χ3v) is 4.63. The van der Waals surface area contributed by atoms with Crippen LogP contribution in [0.4, 0.5) is 0 Å². The van der Waals surface area contributed by atoms with Crippen LogP contribution in [0.25, 0.3) is 0 Å². The van der Waals surface area contributed by atoms with E-state index in [9.17, 15) is 0 Å². The van der Waals surface area contributed by atoms with Gasteiger partial charge < -0.3 is 10.6 Å². The zero-order valence-electron chi connectivity index (χ0n) is 11.1. The van der Waals surface area contributed by atoms with Crippen molar-refractivity contribution >= 4 is 11.8 Å². The molecule has 0 aromatic rings. The van der Waals surface area contributed by atoms with Gasteiger partial charge in [-0.15, -0.1) is 0 Å². The maximum absolute atomic E-state index is 5.77. The molecule has 0 amide bonds. The van der Waals surface area contributed by atoms with Gasteiger partial charge in [0.25, 0.3) is 0 Å². The summed E-state index contributed by atoms with van der Waals surface area (Å²) in [5.41, 5.74) is 5.77. The van der Waals surface area contributed by atoms with E-state index in [2.05, 4.69) is 37.6 Å². The first-order chi connectivity index (χ1) is 7.59. The fourth-order valence-electron chi connectivity index (χ4n) is 2.39. The van der Waals surface area contributed by atoms with Crippen LogP contribution in [-0.4, -0.2) is 42.1 Å². The molecular formula is C13H28N2S. The summed E-state index contributed by atoms with van der Waals surface area (Å²) in [5.74, 6) is 3.51. The third kappa shape index (κ3) is 5.55. The van der Waals surface area contributed by atoms with Crippen LogP contribution in [0, 0.1) is 5.92 Å². The lowest BCUT2D eigenvalue weighted by Crippen LogP contribution is -2.35. The Balaban J connectivity index is 2.10. The summed E-state index contributed by atoms with van der Waals surface area (Å²) >= 11 is 2.10. The number of hydrogen-bond acceptors (Lipinski definition) is 3. The van der Waals surface area contributed by atoms with Crippen molar-refractivity contribution in [2.24, 2.45) is 11.7 Å². The summed E-state index contributed by atoms with van der Waals surface area (Å²) in [7, 11) is 2.29. The molecule has 0 spiro atoms. The molecule has 0 bridgehead atoms. The minimum atomic E-state index is 0.371. The Kier molecular flexibility index (Phi) is 6.78. The molecule has 3 atom stereocenters. The molecule has 0 aliphatic carbocycles. The predicted molar refractivity (Wildman–Crippen MR) is 75.0 cm³/mol. The van der Waals surface area contributed by atoms with Crippen LogP contribution in [0.1, 0.15) is 39.5 Å². The highest BCUT2D eigenvalue weighted by Crippen LogP contribution is 2.22. The lowest BCUT2D eigenvalue weighted by Gasteiger charge is -2.26. The molecule has 16 heavy (non-hydrogen) atoms.